The summed E-state index contributed by atoms with van der Waals surface area (Å²) in [5.41, 5.74) is 2.16. The average molecular weight is 223 g/mol. The van der Waals surface area contributed by atoms with Crippen molar-refractivity contribution in [2.45, 2.75) is 6.92 Å². The van der Waals surface area contributed by atoms with Crippen LogP contribution in [0.25, 0.3) is 21.7 Å². The molecule has 1 N–H and O–H groups in total. The third-order valence-electron chi connectivity index (χ3n) is 3.03. The van der Waals surface area contributed by atoms with Gasteiger partial charge in [-0.15, -0.1) is 0 Å². The molecule has 2 aromatic heterocycles. The van der Waals surface area contributed by atoms with Crippen molar-refractivity contribution in [2.24, 2.45) is 0 Å². The molecule has 3 heteroatoms. The Morgan fingerprint density at radius 2 is 1.94 bits per heavy atom. The quantitative estimate of drug-likeness (QED) is 0.644. The summed E-state index contributed by atoms with van der Waals surface area (Å²) in [6, 6.07) is 8.38. The Kier molecular flexibility index (Phi) is 2.18. The number of rotatable bonds is 1. The van der Waals surface area contributed by atoms with E-state index in [1.807, 2.05) is 19.3 Å². The minimum Gasteiger partial charge on any atom is -0.373 e. The van der Waals surface area contributed by atoms with Crippen LogP contribution in [0.5, 0.6) is 0 Å². The molecule has 3 rings (SSSR count). The lowest BCUT2D eigenvalue weighted by atomic mass is 10.1. The predicted molar refractivity (Wildman–Crippen MR) is 71.3 cm³/mol. The zero-order valence-corrected chi connectivity index (χ0v) is 9.86. The van der Waals surface area contributed by atoms with E-state index in [4.69, 9.17) is 0 Å². The molecule has 3 aromatic rings. The van der Waals surface area contributed by atoms with Crippen LogP contribution in [-0.2, 0) is 0 Å². The molecule has 1 aromatic carbocycles. The van der Waals surface area contributed by atoms with Crippen molar-refractivity contribution in [3.05, 3.63) is 42.2 Å². The average Bonchev–Trinajstić information content (AvgIpc) is 2.37. The lowest BCUT2D eigenvalue weighted by Gasteiger charge is -2.08. The van der Waals surface area contributed by atoms with Gasteiger partial charge in [0.1, 0.15) is 5.82 Å². The minimum atomic E-state index is 0.925. The zero-order chi connectivity index (χ0) is 11.8. The zero-order valence-electron chi connectivity index (χ0n) is 9.86. The Hall–Kier alpha value is -2.16. The number of aryl methyl sites for hydroxylation is 1. The van der Waals surface area contributed by atoms with Gasteiger partial charge < -0.3 is 5.32 Å². The number of hydrogen-bond acceptors (Lipinski definition) is 3. The maximum atomic E-state index is 4.67. The number of benzene rings is 1. The first kappa shape index (κ1) is 10.0. The van der Waals surface area contributed by atoms with Gasteiger partial charge >= 0.3 is 0 Å². The van der Waals surface area contributed by atoms with E-state index in [0.717, 1.165) is 27.7 Å². The summed E-state index contributed by atoms with van der Waals surface area (Å²) in [5, 5.41) is 6.55. The Bertz CT molecular complexity index is 704. The number of anilines is 1. The van der Waals surface area contributed by atoms with E-state index < -0.39 is 0 Å². The third-order valence-corrected chi connectivity index (χ3v) is 3.03. The smallest absolute Gasteiger partial charge is 0.129 e. The van der Waals surface area contributed by atoms with E-state index in [-0.39, 0.29) is 0 Å². The van der Waals surface area contributed by atoms with Gasteiger partial charge in [-0.25, -0.2) is 4.98 Å². The van der Waals surface area contributed by atoms with Gasteiger partial charge in [0.15, 0.2) is 0 Å². The van der Waals surface area contributed by atoms with Gasteiger partial charge in [-0.05, 0) is 30.0 Å². The molecule has 0 aliphatic rings. The molecular weight excluding hydrogens is 210 g/mol. The van der Waals surface area contributed by atoms with Crippen LogP contribution in [0.2, 0.25) is 0 Å². The van der Waals surface area contributed by atoms with Crippen LogP contribution >= 0.6 is 0 Å². The molecular formula is C14H13N3. The number of hydrogen-bond donors (Lipinski definition) is 1. The monoisotopic (exact) mass is 223 g/mol. The number of fused-ring (bicyclic) bond motifs is 3. The molecule has 0 saturated heterocycles. The molecule has 0 aliphatic carbocycles. The molecule has 0 atom stereocenters. The van der Waals surface area contributed by atoms with Gasteiger partial charge in [0.2, 0.25) is 0 Å². The van der Waals surface area contributed by atoms with Gasteiger partial charge in [0.05, 0.1) is 5.52 Å². The highest BCUT2D eigenvalue weighted by Gasteiger charge is 2.05. The summed E-state index contributed by atoms with van der Waals surface area (Å²) < 4.78 is 0. The molecule has 0 aliphatic heterocycles. The second-order valence-electron chi connectivity index (χ2n) is 4.14. The summed E-state index contributed by atoms with van der Waals surface area (Å²) >= 11 is 0. The topological polar surface area (TPSA) is 37.8 Å². The first-order valence-corrected chi connectivity index (χ1v) is 5.61. The number of nitrogens with zero attached hydrogens (tertiary/aromatic N) is 2. The second kappa shape index (κ2) is 3.70. The molecule has 0 unspecified atom stereocenters. The Morgan fingerprint density at radius 3 is 2.76 bits per heavy atom. The summed E-state index contributed by atoms with van der Waals surface area (Å²) in [6.45, 7) is 2.06. The van der Waals surface area contributed by atoms with E-state index in [1.165, 1.54) is 5.39 Å². The lowest BCUT2D eigenvalue weighted by molar-refractivity contribution is 1.29. The maximum Gasteiger partial charge on any atom is 0.129 e. The third kappa shape index (κ3) is 1.51. The summed E-state index contributed by atoms with van der Waals surface area (Å²) in [7, 11) is 1.89. The molecule has 0 bridgehead atoms. The first-order valence-electron chi connectivity index (χ1n) is 5.61. The normalized spacial score (nSPS) is 10.9. The largest absolute Gasteiger partial charge is 0.373 e. The Balaban J connectivity index is 2.48. The van der Waals surface area contributed by atoms with Gasteiger partial charge in [-0.1, -0.05) is 12.1 Å². The summed E-state index contributed by atoms with van der Waals surface area (Å²) in [5.74, 6) is 0.925. The molecule has 0 saturated carbocycles. The predicted octanol–water partition coefficient (Wildman–Crippen LogP) is 3.13. The minimum absolute atomic E-state index is 0.925. The fourth-order valence-corrected chi connectivity index (χ4v) is 2.16. The van der Waals surface area contributed by atoms with Gasteiger partial charge in [0, 0.05) is 30.2 Å². The summed E-state index contributed by atoms with van der Waals surface area (Å²) in [4.78, 5) is 8.85. The number of pyridine rings is 2. The fourth-order valence-electron chi connectivity index (χ4n) is 2.16. The van der Waals surface area contributed by atoms with Crippen LogP contribution in [0, 0.1) is 6.92 Å². The van der Waals surface area contributed by atoms with Crippen molar-refractivity contribution < 1.29 is 0 Å². The van der Waals surface area contributed by atoms with Crippen molar-refractivity contribution >= 4 is 27.5 Å². The molecule has 0 fully saturated rings. The standard InChI is InChI=1S/C14H13N3/c1-9-7-11-4-3-10-5-6-16-8-12(10)13(11)17-14(9)15-2/h3-8H,1-2H3,(H,15,17). The molecule has 84 valence electrons. The van der Waals surface area contributed by atoms with Crippen LogP contribution in [0.1, 0.15) is 5.56 Å². The van der Waals surface area contributed by atoms with E-state index in [0.29, 0.717) is 0 Å². The van der Waals surface area contributed by atoms with Crippen LogP contribution < -0.4 is 5.32 Å². The van der Waals surface area contributed by atoms with Gasteiger partial charge in [-0.2, -0.15) is 0 Å². The van der Waals surface area contributed by atoms with Crippen LogP contribution in [0.15, 0.2) is 36.7 Å². The van der Waals surface area contributed by atoms with Crippen LogP contribution in [0.4, 0.5) is 5.82 Å². The maximum absolute atomic E-state index is 4.67. The second-order valence-corrected chi connectivity index (χ2v) is 4.14. The van der Waals surface area contributed by atoms with Crippen molar-refractivity contribution in [3.63, 3.8) is 0 Å². The highest BCUT2D eigenvalue weighted by Crippen LogP contribution is 2.26. The Morgan fingerprint density at radius 1 is 1.12 bits per heavy atom. The molecule has 3 nitrogen and oxygen atoms in total. The van der Waals surface area contributed by atoms with Gasteiger partial charge in [0.25, 0.3) is 0 Å². The van der Waals surface area contributed by atoms with Crippen molar-refractivity contribution in [1.29, 1.82) is 0 Å². The van der Waals surface area contributed by atoms with Gasteiger partial charge in [-0.3, -0.25) is 4.98 Å². The lowest BCUT2D eigenvalue weighted by Crippen LogP contribution is -1.96. The van der Waals surface area contributed by atoms with E-state index in [1.54, 1.807) is 6.20 Å². The van der Waals surface area contributed by atoms with Crippen LogP contribution in [0.3, 0.4) is 0 Å². The van der Waals surface area contributed by atoms with Crippen molar-refractivity contribution in [1.82, 2.24) is 9.97 Å². The highest BCUT2D eigenvalue weighted by atomic mass is 15.0. The highest BCUT2D eigenvalue weighted by molar-refractivity contribution is 6.05. The van der Waals surface area contributed by atoms with E-state index in [9.17, 15) is 0 Å². The summed E-state index contributed by atoms with van der Waals surface area (Å²) in [6.07, 6.45) is 3.68. The van der Waals surface area contributed by atoms with E-state index >= 15 is 0 Å². The van der Waals surface area contributed by atoms with Crippen LogP contribution in [-0.4, -0.2) is 17.0 Å². The van der Waals surface area contributed by atoms with Crippen molar-refractivity contribution in [3.8, 4) is 0 Å². The fraction of sp³-hybridized carbons (Fsp3) is 0.143. The molecule has 0 spiro atoms. The Labute approximate surface area is 99.5 Å². The SMILES string of the molecule is CNc1nc2c(ccc3ccncc32)cc1C. The van der Waals surface area contributed by atoms with E-state index in [2.05, 4.69) is 40.4 Å². The number of aromatic nitrogens is 2. The number of nitrogens with one attached hydrogen (secondary N) is 1. The molecule has 0 amide bonds. The molecule has 2 heterocycles. The molecule has 17 heavy (non-hydrogen) atoms. The van der Waals surface area contributed by atoms with Crippen molar-refractivity contribution in [2.75, 3.05) is 12.4 Å². The first-order chi connectivity index (χ1) is 8.29. The molecule has 0 radical (unpaired) electrons.